The molecule has 0 spiro atoms. The molecule has 0 bridgehead atoms. The van der Waals surface area contributed by atoms with Crippen LogP contribution in [-0.2, 0) is 11.3 Å². The standard InChI is InChI=1S/C20H19Cl2N3O3/c1-12(14-8-7-13(21)11-16(14)22)24(2)18(26)9-10-25-17-6-4-3-5-15(17)19(27)23-20(25)28/h3-8,11-12H,9-10H2,1-2H3,(H,23,27,28). The monoisotopic (exact) mass is 419 g/mol. The van der Waals surface area contributed by atoms with Crippen molar-refractivity contribution in [3.63, 3.8) is 0 Å². The SMILES string of the molecule is CC(c1ccc(Cl)cc1Cl)N(C)C(=O)CCn1c(=O)[nH]c(=O)c2ccccc21. The predicted molar refractivity (Wildman–Crippen MR) is 111 cm³/mol. The molecule has 0 radical (unpaired) electrons. The first-order valence-corrected chi connectivity index (χ1v) is 9.47. The topological polar surface area (TPSA) is 75.2 Å². The molecule has 1 aromatic heterocycles. The fraction of sp³-hybridized carbons (Fsp3) is 0.250. The Morgan fingerprint density at radius 2 is 1.89 bits per heavy atom. The third kappa shape index (κ3) is 3.98. The van der Waals surface area contributed by atoms with E-state index in [4.69, 9.17) is 23.2 Å². The van der Waals surface area contributed by atoms with Crippen molar-refractivity contribution < 1.29 is 4.79 Å². The van der Waals surface area contributed by atoms with Crippen molar-refractivity contribution in [3.8, 4) is 0 Å². The molecule has 0 saturated carbocycles. The minimum atomic E-state index is -0.534. The number of H-pyrrole nitrogens is 1. The zero-order valence-corrected chi connectivity index (χ0v) is 16.9. The van der Waals surface area contributed by atoms with Gasteiger partial charge in [0.25, 0.3) is 5.56 Å². The highest BCUT2D eigenvalue weighted by Gasteiger charge is 2.20. The lowest BCUT2D eigenvalue weighted by Crippen LogP contribution is -2.34. The van der Waals surface area contributed by atoms with E-state index in [1.54, 1.807) is 54.4 Å². The number of aromatic amines is 1. The van der Waals surface area contributed by atoms with Crippen LogP contribution in [0.3, 0.4) is 0 Å². The maximum absolute atomic E-state index is 12.7. The summed E-state index contributed by atoms with van der Waals surface area (Å²) in [7, 11) is 1.69. The second-order valence-electron chi connectivity index (χ2n) is 6.52. The predicted octanol–water partition coefficient (Wildman–Crippen LogP) is 3.61. The van der Waals surface area contributed by atoms with Crippen molar-refractivity contribution in [2.24, 2.45) is 0 Å². The second kappa shape index (κ2) is 8.20. The first kappa shape index (κ1) is 20.2. The number of para-hydroxylation sites is 1. The molecule has 1 amide bonds. The average Bonchev–Trinajstić information content (AvgIpc) is 2.66. The summed E-state index contributed by atoms with van der Waals surface area (Å²) in [5, 5.41) is 1.42. The average molecular weight is 420 g/mol. The molecule has 3 rings (SSSR count). The summed E-state index contributed by atoms with van der Waals surface area (Å²) in [6.45, 7) is 2.02. The van der Waals surface area contributed by atoms with E-state index in [1.807, 2.05) is 6.92 Å². The van der Waals surface area contributed by atoms with E-state index in [0.29, 0.717) is 20.9 Å². The van der Waals surface area contributed by atoms with Gasteiger partial charge in [-0.3, -0.25) is 19.1 Å². The number of fused-ring (bicyclic) bond motifs is 1. The van der Waals surface area contributed by atoms with Gasteiger partial charge in [-0.05, 0) is 36.8 Å². The van der Waals surface area contributed by atoms with Gasteiger partial charge in [0.05, 0.1) is 16.9 Å². The zero-order valence-electron chi connectivity index (χ0n) is 15.4. The number of nitrogens with one attached hydrogen (secondary N) is 1. The molecule has 28 heavy (non-hydrogen) atoms. The lowest BCUT2D eigenvalue weighted by atomic mass is 10.1. The summed E-state index contributed by atoms with van der Waals surface area (Å²) in [5.74, 6) is -0.152. The van der Waals surface area contributed by atoms with Gasteiger partial charge < -0.3 is 4.90 Å². The Hall–Kier alpha value is -2.57. The van der Waals surface area contributed by atoms with Gasteiger partial charge in [0.15, 0.2) is 0 Å². The number of carbonyl (C=O) groups is 1. The summed E-state index contributed by atoms with van der Waals surface area (Å²) >= 11 is 12.2. The zero-order chi connectivity index (χ0) is 20.4. The van der Waals surface area contributed by atoms with Gasteiger partial charge in [0.1, 0.15) is 0 Å². The fourth-order valence-electron chi connectivity index (χ4n) is 3.11. The Kier molecular flexibility index (Phi) is 5.91. The molecule has 1 N–H and O–H groups in total. The number of hydrogen-bond acceptors (Lipinski definition) is 3. The Morgan fingerprint density at radius 1 is 1.18 bits per heavy atom. The van der Waals surface area contributed by atoms with E-state index in [0.717, 1.165) is 5.56 Å². The Bertz CT molecular complexity index is 1150. The van der Waals surface area contributed by atoms with E-state index in [-0.39, 0.29) is 24.9 Å². The van der Waals surface area contributed by atoms with Crippen molar-refractivity contribution in [3.05, 3.63) is 78.9 Å². The molecule has 1 atom stereocenters. The molecule has 1 heterocycles. The van der Waals surface area contributed by atoms with Gasteiger partial charge in [-0.1, -0.05) is 41.4 Å². The van der Waals surface area contributed by atoms with Gasteiger partial charge in [0.2, 0.25) is 5.91 Å². The van der Waals surface area contributed by atoms with E-state index in [2.05, 4.69) is 4.98 Å². The van der Waals surface area contributed by atoms with Crippen LogP contribution in [0.2, 0.25) is 10.0 Å². The van der Waals surface area contributed by atoms with E-state index < -0.39 is 11.2 Å². The Balaban J connectivity index is 1.80. The van der Waals surface area contributed by atoms with Gasteiger partial charge in [0, 0.05) is 30.1 Å². The van der Waals surface area contributed by atoms with Crippen LogP contribution >= 0.6 is 23.2 Å². The van der Waals surface area contributed by atoms with Crippen molar-refractivity contribution in [2.45, 2.75) is 25.9 Å². The minimum absolute atomic E-state index is 0.0992. The number of rotatable bonds is 5. The quantitative estimate of drug-likeness (QED) is 0.686. The van der Waals surface area contributed by atoms with Crippen LogP contribution < -0.4 is 11.2 Å². The summed E-state index contributed by atoms with van der Waals surface area (Å²) in [6.07, 6.45) is 0.0992. The summed E-state index contributed by atoms with van der Waals surface area (Å²) < 4.78 is 1.41. The third-order valence-electron chi connectivity index (χ3n) is 4.84. The van der Waals surface area contributed by atoms with Crippen molar-refractivity contribution in [1.82, 2.24) is 14.5 Å². The number of carbonyl (C=O) groups excluding carboxylic acids is 1. The molecule has 0 saturated heterocycles. The molecule has 1 unspecified atom stereocenters. The van der Waals surface area contributed by atoms with Crippen molar-refractivity contribution in [1.29, 1.82) is 0 Å². The Morgan fingerprint density at radius 3 is 2.61 bits per heavy atom. The first-order chi connectivity index (χ1) is 13.3. The molecule has 3 aromatic rings. The van der Waals surface area contributed by atoms with Crippen LogP contribution in [0.1, 0.15) is 24.9 Å². The first-order valence-electron chi connectivity index (χ1n) is 8.72. The smallest absolute Gasteiger partial charge is 0.328 e. The van der Waals surface area contributed by atoms with Crippen molar-refractivity contribution in [2.75, 3.05) is 7.05 Å². The van der Waals surface area contributed by atoms with Crippen LogP contribution in [-0.4, -0.2) is 27.4 Å². The molecule has 0 aliphatic rings. The molecule has 0 aliphatic carbocycles. The van der Waals surface area contributed by atoms with Gasteiger partial charge >= 0.3 is 5.69 Å². The fourth-order valence-corrected chi connectivity index (χ4v) is 3.68. The van der Waals surface area contributed by atoms with Gasteiger partial charge in [-0.2, -0.15) is 0 Å². The number of hydrogen-bond donors (Lipinski definition) is 1. The minimum Gasteiger partial charge on any atom is -0.339 e. The van der Waals surface area contributed by atoms with E-state index >= 15 is 0 Å². The summed E-state index contributed by atoms with van der Waals surface area (Å²) in [6, 6.07) is 11.7. The lowest BCUT2D eigenvalue weighted by Gasteiger charge is -2.26. The number of aryl methyl sites for hydroxylation is 1. The highest BCUT2D eigenvalue weighted by molar-refractivity contribution is 6.35. The van der Waals surface area contributed by atoms with E-state index in [9.17, 15) is 14.4 Å². The van der Waals surface area contributed by atoms with E-state index in [1.165, 1.54) is 4.57 Å². The number of halogens is 2. The normalized spacial score (nSPS) is 12.1. The number of aromatic nitrogens is 2. The van der Waals surface area contributed by atoms with Crippen molar-refractivity contribution >= 4 is 40.0 Å². The highest BCUT2D eigenvalue weighted by atomic mass is 35.5. The molecule has 146 valence electrons. The maximum Gasteiger partial charge on any atom is 0.328 e. The Labute approximate surface area is 171 Å². The maximum atomic E-state index is 12.7. The molecule has 0 fully saturated rings. The molecule has 8 heteroatoms. The molecule has 0 aliphatic heterocycles. The van der Waals surface area contributed by atoms with Gasteiger partial charge in [-0.15, -0.1) is 0 Å². The van der Waals surface area contributed by atoms with Gasteiger partial charge in [-0.25, -0.2) is 4.79 Å². The molecule has 6 nitrogen and oxygen atoms in total. The highest BCUT2D eigenvalue weighted by Crippen LogP contribution is 2.29. The van der Waals surface area contributed by atoms with Crippen LogP contribution in [0, 0.1) is 0 Å². The largest absolute Gasteiger partial charge is 0.339 e. The third-order valence-corrected chi connectivity index (χ3v) is 5.40. The molecule has 2 aromatic carbocycles. The van der Waals surface area contributed by atoms with Crippen LogP contribution in [0.25, 0.3) is 10.9 Å². The summed E-state index contributed by atoms with van der Waals surface area (Å²) in [4.78, 5) is 40.7. The lowest BCUT2D eigenvalue weighted by molar-refractivity contribution is -0.132. The molecular weight excluding hydrogens is 401 g/mol. The number of amides is 1. The number of nitrogens with zero attached hydrogens (tertiary/aromatic N) is 2. The van der Waals surface area contributed by atoms with Crippen LogP contribution in [0.4, 0.5) is 0 Å². The number of benzene rings is 2. The second-order valence-corrected chi connectivity index (χ2v) is 7.37. The molecular formula is C20H19Cl2N3O3. The summed E-state index contributed by atoms with van der Waals surface area (Å²) in [5.41, 5.74) is 0.313. The van der Waals surface area contributed by atoms with Crippen LogP contribution in [0.5, 0.6) is 0 Å². The van der Waals surface area contributed by atoms with Crippen LogP contribution in [0.15, 0.2) is 52.1 Å².